The Morgan fingerprint density at radius 3 is 2.51 bits per heavy atom. The molecule has 192 valence electrons. The van der Waals surface area contributed by atoms with Gasteiger partial charge in [-0.05, 0) is 60.9 Å². The maximum atomic E-state index is 13.6. The third kappa shape index (κ3) is 6.21. The number of nitrogens with zero attached hydrogens (tertiary/aromatic N) is 3. The number of amides is 1. The topological polar surface area (TPSA) is 105 Å². The molecule has 0 radical (unpaired) electrons. The second-order valence-corrected chi connectivity index (χ2v) is 10.8. The Labute approximate surface area is 215 Å². The lowest BCUT2D eigenvalue weighted by atomic mass is 10.1. The number of anilines is 2. The first kappa shape index (κ1) is 26.0. The van der Waals surface area contributed by atoms with Gasteiger partial charge in [0.2, 0.25) is 15.0 Å². The van der Waals surface area contributed by atoms with Gasteiger partial charge in [-0.2, -0.15) is 0 Å². The predicted molar refractivity (Wildman–Crippen MR) is 139 cm³/mol. The van der Waals surface area contributed by atoms with Crippen LogP contribution in [0.3, 0.4) is 0 Å². The van der Waals surface area contributed by atoms with Gasteiger partial charge in [0.15, 0.2) is 5.69 Å². The minimum Gasteiger partial charge on any atom is -0.467 e. The van der Waals surface area contributed by atoms with Crippen LogP contribution in [0.2, 0.25) is 0 Å². The Bertz CT molecular complexity index is 1500. The van der Waals surface area contributed by atoms with Crippen molar-refractivity contribution in [3.63, 3.8) is 0 Å². The summed E-state index contributed by atoms with van der Waals surface area (Å²) in [5, 5.41) is 2.44. The molecule has 2 aromatic heterocycles. The molecule has 0 saturated heterocycles. The summed E-state index contributed by atoms with van der Waals surface area (Å²) in [5.41, 5.74) is 3.35. The number of aryl methyl sites for hydroxylation is 2. The molecule has 2 heterocycles. The van der Waals surface area contributed by atoms with E-state index in [-0.39, 0.29) is 30.4 Å². The number of sulfone groups is 1. The number of halogens is 1. The number of carbonyl (C=O) groups is 1. The molecule has 0 saturated carbocycles. The molecular weight excluding hydrogens is 495 g/mol. The molecule has 1 N–H and O–H groups in total. The molecular formula is C27H27FN4O4S. The largest absolute Gasteiger partial charge is 0.467 e. The van der Waals surface area contributed by atoms with Crippen LogP contribution >= 0.6 is 0 Å². The molecule has 0 spiro atoms. The number of nitrogens with one attached hydrogen (secondary N) is 1. The van der Waals surface area contributed by atoms with Gasteiger partial charge in [0, 0.05) is 12.2 Å². The standard InChI is InChI=1S/C27H27FN4O4S/c1-4-37(34,35)27-29-15-24(25(31-27)26(33)30-23-14-18(2)7-8-19(23)3)32(17-22-6-5-13-36-22)16-20-9-11-21(28)12-10-20/h5-15H,4,16-17H2,1-3H3,(H,30,33). The molecule has 4 aromatic rings. The fraction of sp³-hybridized carbons (Fsp3) is 0.222. The molecule has 1 amide bonds. The van der Waals surface area contributed by atoms with Crippen LogP contribution in [0.1, 0.15) is 39.9 Å². The van der Waals surface area contributed by atoms with E-state index in [1.165, 1.54) is 31.5 Å². The van der Waals surface area contributed by atoms with Crippen LogP contribution in [0, 0.1) is 19.7 Å². The third-order valence-electron chi connectivity index (χ3n) is 5.82. The van der Waals surface area contributed by atoms with Crippen LogP contribution in [-0.4, -0.2) is 30.0 Å². The monoisotopic (exact) mass is 522 g/mol. The van der Waals surface area contributed by atoms with Crippen molar-refractivity contribution in [2.24, 2.45) is 0 Å². The lowest BCUT2D eigenvalue weighted by Gasteiger charge is -2.25. The van der Waals surface area contributed by atoms with Crippen molar-refractivity contribution in [2.75, 3.05) is 16.0 Å². The van der Waals surface area contributed by atoms with Gasteiger partial charge in [0.05, 0.1) is 30.4 Å². The summed E-state index contributed by atoms with van der Waals surface area (Å²) in [6.07, 6.45) is 2.87. The van der Waals surface area contributed by atoms with E-state index in [0.717, 1.165) is 16.7 Å². The summed E-state index contributed by atoms with van der Waals surface area (Å²) in [6, 6.07) is 15.1. The lowest BCUT2D eigenvalue weighted by Crippen LogP contribution is -2.28. The molecule has 0 aliphatic heterocycles. The average Bonchev–Trinajstić information content (AvgIpc) is 3.40. The Morgan fingerprint density at radius 2 is 1.84 bits per heavy atom. The second kappa shape index (κ2) is 10.9. The lowest BCUT2D eigenvalue weighted by molar-refractivity contribution is 0.102. The third-order valence-corrected chi connectivity index (χ3v) is 7.33. The van der Waals surface area contributed by atoms with E-state index in [1.54, 1.807) is 29.2 Å². The van der Waals surface area contributed by atoms with Gasteiger partial charge in [-0.15, -0.1) is 0 Å². The van der Waals surface area contributed by atoms with Gasteiger partial charge in [-0.3, -0.25) is 4.79 Å². The molecule has 0 aliphatic rings. The fourth-order valence-corrected chi connectivity index (χ4v) is 4.42. The summed E-state index contributed by atoms with van der Waals surface area (Å²) in [6.45, 7) is 5.75. The number of rotatable bonds is 9. The molecule has 0 atom stereocenters. The maximum Gasteiger partial charge on any atom is 0.276 e. The van der Waals surface area contributed by atoms with Crippen molar-refractivity contribution in [1.29, 1.82) is 0 Å². The van der Waals surface area contributed by atoms with E-state index in [4.69, 9.17) is 4.42 Å². The molecule has 0 unspecified atom stereocenters. The van der Waals surface area contributed by atoms with Gasteiger partial charge in [0.1, 0.15) is 11.6 Å². The summed E-state index contributed by atoms with van der Waals surface area (Å²) in [5.74, 6) is -0.557. The van der Waals surface area contributed by atoms with E-state index in [9.17, 15) is 17.6 Å². The number of hydrogen-bond acceptors (Lipinski definition) is 7. The first-order valence-electron chi connectivity index (χ1n) is 11.7. The van der Waals surface area contributed by atoms with Gasteiger partial charge in [0.25, 0.3) is 5.91 Å². The minimum atomic E-state index is -3.78. The Balaban J connectivity index is 1.81. The highest BCUT2D eigenvalue weighted by molar-refractivity contribution is 7.91. The van der Waals surface area contributed by atoms with Gasteiger partial charge >= 0.3 is 0 Å². The van der Waals surface area contributed by atoms with Crippen molar-refractivity contribution in [3.05, 3.63) is 101 Å². The SMILES string of the molecule is CCS(=O)(=O)c1ncc(N(Cc2ccc(F)cc2)Cc2ccco2)c(C(=O)Nc2cc(C)ccc2C)n1. The van der Waals surface area contributed by atoms with E-state index in [1.807, 2.05) is 32.0 Å². The molecule has 4 rings (SSSR count). The van der Waals surface area contributed by atoms with Gasteiger partial charge in [-0.1, -0.05) is 31.2 Å². The Hall–Kier alpha value is -4.05. The maximum absolute atomic E-state index is 13.6. The van der Waals surface area contributed by atoms with Gasteiger partial charge < -0.3 is 14.6 Å². The van der Waals surface area contributed by atoms with Crippen molar-refractivity contribution in [3.8, 4) is 0 Å². The van der Waals surface area contributed by atoms with Crippen molar-refractivity contribution >= 4 is 27.1 Å². The van der Waals surface area contributed by atoms with Crippen LogP contribution in [0.5, 0.6) is 0 Å². The smallest absolute Gasteiger partial charge is 0.276 e. The normalized spacial score (nSPS) is 11.4. The van der Waals surface area contributed by atoms with Crippen LogP contribution in [0.25, 0.3) is 0 Å². The molecule has 2 aromatic carbocycles. The molecule has 10 heteroatoms. The molecule has 8 nitrogen and oxygen atoms in total. The summed E-state index contributed by atoms with van der Waals surface area (Å²) in [4.78, 5) is 23.7. The van der Waals surface area contributed by atoms with E-state index in [0.29, 0.717) is 17.1 Å². The van der Waals surface area contributed by atoms with Crippen molar-refractivity contribution in [1.82, 2.24) is 9.97 Å². The highest BCUT2D eigenvalue weighted by atomic mass is 32.2. The average molecular weight is 523 g/mol. The summed E-state index contributed by atoms with van der Waals surface area (Å²) in [7, 11) is -3.78. The predicted octanol–water partition coefficient (Wildman–Crippen LogP) is 5.08. The molecule has 0 fully saturated rings. The zero-order chi connectivity index (χ0) is 26.6. The van der Waals surface area contributed by atoms with E-state index >= 15 is 0 Å². The van der Waals surface area contributed by atoms with E-state index in [2.05, 4.69) is 15.3 Å². The van der Waals surface area contributed by atoms with Crippen molar-refractivity contribution in [2.45, 2.75) is 39.0 Å². The van der Waals surface area contributed by atoms with E-state index < -0.39 is 20.9 Å². The number of benzene rings is 2. The number of aromatic nitrogens is 2. The highest BCUT2D eigenvalue weighted by Crippen LogP contribution is 2.26. The van der Waals surface area contributed by atoms with Gasteiger partial charge in [-0.25, -0.2) is 22.8 Å². The number of furan rings is 1. The quantitative estimate of drug-likeness (QED) is 0.306. The zero-order valence-electron chi connectivity index (χ0n) is 20.7. The number of hydrogen-bond donors (Lipinski definition) is 1. The van der Waals surface area contributed by atoms with Crippen LogP contribution in [0.15, 0.2) is 76.6 Å². The Kier molecular flexibility index (Phi) is 7.68. The fourth-order valence-electron chi connectivity index (χ4n) is 3.72. The van der Waals surface area contributed by atoms with Crippen molar-refractivity contribution < 1.29 is 22.0 Å². The Morgan fingerprint density at radius 1 is 1.08 bits per heavy atom. The summed E-state index contributed by atoms with van der Waals surface area (Å²) >= 11 is 0. The molecule has 0 bridgehead atoms. The first-order valence-corrected chi connectivity index (χ1v) is 13.3. The summed E-state index contributed by atoms with van der Waals surface area (Å²) < 4.78 is 44.2. The van der Waals surface area contributed by atoms with Crippen LogP contribution < -0.4 is 10.2 Å². The first-order chi connectivity index (χ1) is 17.7. The van der Waals surface area contributed by atoms with Crippen LogP contribution in [0.4, 0.5) is 15.8 Å². The minimum absolute atomic E-state index is 0.100. The second-order valence-electron chi connectivity index (χ2n) is 8.62. The molecule has 37 heavy (non-hydrogen) atoms. The molecule has 0 aliphatic carbocycles. The number of carbonyl (C=O) groups excluding carboxylic acids is 1. The van der Waals surface area contributed by atoms with Crippen LogP contribution in [-0.2, 0) is 22.9 Å². The zero-order valence-corrected chi connectivity index (χ0v) is 21.5. The highest BCUT2D eigenvalue weighted by Gasteiger charge is 2.25.